The highest BCUT2D eigenvalue weighted by Gasteiger charge is 2.03. The number of unbranched alkanes of at least 4 members (excludes halogenated alkanes) is 1. The standard InChI is InChI=1S/C10H13ClFNO3S/c11-9-7-8(3-4-10(9)12)16-5-1-2-6-17(13,14)15/h3-4,7H,1-2,5-6H2,(H2,13,14,15). The van der Waals surface area contributed by atoms with Crippen LogP contribution in [0.3, 0.4) is 0 Å². The summed E-state index contributed by atoms with van der Waals surface area (Å²) in [6.07, 6.45) is 0.971. The van der Waals surface area contributed by atoms with E-state index in [4.69, 9.17) is 21.5 Å². The summed E-state index contributed by atoms with van der Waals surface area (Å²) in [5.41, 5.74) is 0. The Hall–Kier alpha value is -0.850. The molecular weight excluding hydrogens is 269 g/mol. The number of hydrogen-bond donors (Lipinski definition) is 1. The second-order valence-electron chi connectivity index (χ2n) is 3.50. The summed E-state index contributed by atoms with van der Waals surface area (Å²) in [6, 6.07) is 4.04. The maximum atomic E-state index is 12.8. The van der Waals surface area contributed by atoms with Gasteiger partial charge >= 0.3 is 0 Å². The fraction of sp³-hybridized carbons (Fsp3) is 0.400. The van der Waals surface area contributed by atoms with Crippen molar-refractivity contribution < 1.29 is 17.5 Å². The van der Waals surface area contributed by atoms with E-state index < -0.39 is 15.8 Å². The Morgan fingerprint density at radius 1 is 1.35 bits per heavy atom. The summed E-state index contributed by atoms with van der Waals surface area (Å²) in [5.74, 6) is -0.124. The summed E-state index contributed by atoms with van der Waals surface area (Å²) in [5, 5.41) is 4.83. The summed E-state index contributed by atoms with van der Waals surface area (Å²) in [4.78, 5) is 0. The topological polar surface area (TPSA) is 69.4 Å². The van der Waals surface area contributed by atoms with Crippen LogP contribution in [0.5, 0.6) is 5.75 Å². The molecule has 0 bridgehead atoms. The molecule has 0 aliphatic heterocycles. The van der Waals surface area contributed by atoms with Crippen molar-refractivity contribution in [2.75, 3.05) is 12.4 Å². The van der Waals surface area contributed by atoms with E-state index >= 15 is 0 Å². The average Bonchev–Trinajstić information content (AvgIpc) is 2.21. The largest absolute Gasteiger partial charge is 0.494 e. The van der Waals surface area contributed by atoms with E-state index in [1.807, 2.05) is 0 Å². The molecule has 1 aromatic carbocycles. The molecule has 0 saturated heterocycles. The number of sulfonamides is 1. The molecule has 0 aliphatic carbocycles. The molecule has 0 amide bonds. The highest BCUT2D eigenvalue weighted by atomic mass is 35.5. The molecule has 4 nitrogen and oxygen atoms in total. The van der Waals surface area contributed by atoms with Crippen LogP contribution in [-0.4, -0.2) is 20.8 Å². The summed E-state index contributed by atoms with van der Waals surface area (Å²) >= 11 is 5.56. The molecule has 0 spiro atoms. The molecular formula is C10H13ClFNO3S. The van der Waals surface area contributed by atoms with Crippen molar-refractivity contribution in [3.8, 4) is 5.75 Å². The first-order valence-corrected chi connectivity index (χ1v) is 7.06. The third-order valence-electron chi connectivity index (χ3n) is 1.98. The van der Waals surface area contributed by atoms with Crippen LogP contribution in [0.4, 0.5) is 4.39 Å². The Labute approximate surface area is 105 Å². The van der Waals surface area contributed by atoms with Gasteiger partial charge in [0.1, 0.15) is 11.6 Å². The van der Waals surface area contributed by atoms with Crippen molar-refractivity contribution in [2.24, 2.45) is 5.14 Å². The van der Waals surface area contributed by atoms with Crippen molar-refractivity contribution in [1.82, 2.24) is 0 Å². The lowest BCUT2D eigenvalue weighted by Crippen LogP contribution is -2.16. The fourth-order valence-electron chi connectivity index (χ4n) is 1.16. The van der Waals surface area contributed by atoms with Crippen molar-refractivity contribution in [1.29, 1.82) is 0 Å². The van der Waals surface area contributed by atoms with Gasteiger partial charge in [-0.25, -0.2) is 17.9 Å². The minimum absolute atomic E-state index is 0.00737. The zero-order valence-electron chi connectivity index (χ0n) is 9.03. The number of ether oxygens (including phenoxy) is 1. The molecule has 2 N–H and O–H groups in total. The van der Waals surface area contributed by atoms with Gasteiger partial charge in [-0.05, 0) is 25.0 Å². The molecule has 0 unspecified atom stereocenters. The third kappa shape index (κ3) is 5.86. The lowest BCUT2D eigenvalue weighted by Gasteiger charge is -2.06. The average molecular weight is 282 g/mol. The first-order chi connectivity index (χ1) is 7.88. The second-order valence-corrected chi connectivity index (χ2v) is 5.64. The van der Waals surface area contributed by atoms with E-state index in [1.54, 1.807) is 0 Å². The number of benzene rings is 1. The zero-order chi connectivity index (χ0) is 12.9. The lowest BCUT2D eigenvalue weighted by atomic mass is 10.3. The maximum Gasteiger partial charge on any atom is 0.209 e. The molecule has 0 aliphatic rings. The van der Waals surface area contributed by atoms with E-state index in [0.29, 0.717) is 25.2 Å². The Bertz CT molecular complexity index is 478. The van der Waals surface area contributed by atoms with Gasteiger partial charge in [-0.2, -0.15) is 0 Å². The van der Waals surface area contributed by atoms with Crippen molar-refractivity contribution >= 4 is 21.6 Å². The number of rotatable bonds is 6. The first kappa shape index (κ1) is 14.2. The second kappa shape index (κ2) is 6.18. The van der Waals surface area contributed by atoms with Crippen molar-refractivity contribution in [2.45, 2.75) is 12.8 Å². The van der Waals surface area contributed by atoms with Gasteiger partial charge in [-0.1, -0.05) is 11.6 Å². The van der Waals surface area contributed by atoms with Gasteiger partial charge < -0.3 is 4.74 Å². The molecule has 0 heterocycles. The molecule has 17 heavy (non-hydrogen) atoms. The van der Waals surface area contributed by atoms with E-state index in [1.165, 1.54) is 18.2 Å². The molecule has 0 aromatic heterocycles. The summed E-state index contributed by atoms with van der Waals surface area (Å²) < 4.78 is 39.3. The Morgan fingerprint density at radius 3 is 2.65 bits per heavy atom. The highest BCUT2D eigenvalue weighted by molar-refractivity contribution is 7.89. The van der Waals surface area contributed by atoms with Crippen LogP contribution in [-0.2, 0) is 10.0 Å². The van der Waals surface area contributed by atoms with Crippen LogP contribution in [0.1, 0.15) is 12.8 Å². The van der Waals surface area contributed by atoms with E-state index in [0.717, 1.165) is 0 Å². The summed E-state index contributed by atoms with van der Waals surface area (Å²) in [6.45, 7) is 0.331. The van der Waals surface area contributed by atoms with E-state index in [9.17, 15) is 12.8 Å². The van der Waals surface area contributed by atoms with Crippen molar-refractivity contribution in [3.63, 3.8) is 0 Å². The van der Waals surface area contributed by atoms with Gasteiger partial charge in [0.15, 0.2) is 0 Å². The van der Waals surface area contributed by atoms with Gasteiger partial charge in [0.05, 0.1) is 17.4 Å². The van der Waals surface area contributed by atoms with Gasteiger partial charge in [-0.3, -0.25) is 0 Å². The predicted octanol–water partition coefficient (Wildman–Crippen LogP) is 1.93. The quantitative estimate of drug-likeness (QED) is 0.810. The van der Waals surface area contributed by atoms with Gasteiger partial charge in [0.2, 0.25) is 10.0 Å². The molecule has 0 atom stereocenters. The number of hydrogen-bond acceptors (Lipinski definition) is 3. The molecule has 0 fully saturated rings. The smallest absolute Gasteiger partial charge is 0.209 e. The van der Waals surface area contributed by atoms with Crippen LogP contribution >= 0.6 is 11.6 Å². The van der Waals surface area contributed by atoms with Crippen LogP contribution in [0.25, 0.3) is 0 Å². The minimum Gasteiger partial charge on any atom is -0.494 e. The van der Waals surface area contributed by atoms with Crippen LogP contribution in [0.2, 0.25) is 5.02 Å². The SMILES string of the molecule is NS(=O)(=O)CCCCOc1ccc(F)c(Cl)c1. The molecule has 1 aromatic rings. The van der Waals surface area contributed by atoms with Crippen molar-refractivity contribution in [3.05, 3.63) is 29.0 Å². The normalized spacial score (nSPS) is 11.5. The third-order valence-corrected chi connectivity index (χ3v) is 3.13. The Morgan fingerprint density at radius 2 is 2.06 bits per heavy atom. The Kier molecular flexibility index (Phi) is 5.17. The zero-order valence-corrected chi connectivity index (χ0v) is 10.6. The predicted molar refractivity (Wildman–Crippen MR) is 64.1 cm³/mol. The molecule has 0 radical (unpaired) electrons. The highest BCUT2D eigenvalue weighted by Crippen LogP contribution is 2.21. The van der Waals surface area contributed by atoms with Crippen LogP contribution < -0.4 is 9.88 Å². The molecule has 1 rings (SSSR count). The molecule has 7 heteroatoms. The maximum absolute atomic E-state index is 12.8. The van der Waals surface area contributed by atoms with E-state index in [2.05, 4.69) is 0 Å². The van der Waals surface area contributed by atoms with Crippen LogP contribution in [0.15, 0.2) is 18.2 Å². The van der Waals surface area contributed by atoms with Gasteiger partial charge in [0.25, 0.3) is 0 Å². The lowest BCUT2D eigenvalue weighted by molar-refractivity contribution is 0.309. The number of nitrogens with two attached hydrogens (primary N) is 1. The van der Waals surface area contributed by atoms with Crippen LogP contribution in [0, 0.1) is 5.82 Å². The summed E-state index contributed by atoms with van der Waals surface area (Å²) in [7, 11) is -3.41. The number of primary sulfonamides is 1. The first-order valence-electron chi connectivity index (χ1n) is 4.97. The van der Waals surface area contributed by atoms with E-state index in [-0.39, 0.29) is 10.8 Å². The fourth-order valence-corrected chi connectivity index (χ4v) is 1.94. The minimum atomic E-state index is -3.41. The van der Waals surface area contributed by atoms with Gasteiger partial charge in [-0.15, -0.1) is 0 Å². The number of halogens is 2. The molecule has 0 saturated carbocycles. The monoisotopic (exact) mass is 281 g/mol. The Balaban J connectivity index is 2.29. The van der Waals surface area contributed by atoms with Gasteiger partial charge in [0, 0.05) is 6.07 Å². The molecule has 96 valence electrons.